The third kappa shape index (κ3) is 2.33. The molecule has 0 amide bonds. The number of esters is 1. The van der Waals surface area contributed by atoms with Crippen LogP contribution >= 0.6 is 23.2 Å². The maximum Gasteiger partial charge on any atom is 0.339 e. The summed E-state index contributed by atoms with van der Waals surface area (Å²) in [5.74, 6) is -0.187. The average molecular weight is 415 g/mol. The molecule has 5 rings (SSSR count). The number of cyclic esters (lactones) is 1. The van der Waals surface area contributed by atoms with Gasteiger partial charge in [0.05, 0.1) is 26.7 Å². The molecule has 28 heavy (non-hydrogen) atoms. The molecule has 9 heteroatoms. The quantitative estimate of drug-likeness (QED) is 0.486. The van der Waals surface area contributed by atoms with Gasteiger partial charge in [-0.15, -0.1) is 0 Å². The average Bonchev–Trinajstić information content (AvgIpc) is 3.33. The van der Waals surface area contributed by atoms with Crippen LogP contribution < -0.4 is 5.56 Å². The number of imidazole rings is 1. The van der Waals surface area contributed by atoms with Crippen molar-refractivity contribution in [3.05, 3.63) is 79.2 Å². The molecule has 0 saturated carbocycles. The number of aromatic amines is 2. The van der Waals surface area contributed by atoms with Crippen LogP contribution in [0.4, 0.5) is 0 Å². The van der Waals surface area contributed by atoms with Crippen molar-refractivity contribution in [1.82, 2.24) is 19.7 Å². The van der Waals surface area contributed by atoms with Gasteiger partial charge in [-0.1, -0.05) is 41.4 Å². The Morgan fingerprint density at radius 3 is 2.75 bits per heavy atom. The standard InChI is InChI=1S/C19H12Cl2N4O3/c1-8-13(16-9-4-2-3-5-10(9)18(27)28-16)17(26)25(24-8)19-22-12-7-6-11(20)14(21)15(12)23-19/h2-7,16,24H,1H3,(H,22,23)/t16-/m1/s1. The highest BCUT2D eigenvalue weighted by Crippen LogP contribution is 2.35. The molecule has 3 heterocycles. The summed E-state index contributed by atoms with van der Waals surface area (Å²) in [6.07, 6.45) is -0.767. The molecule has 1 aliphatic rings. The van der Waals surface area contributed by atoms with Crippen LogP contribution in [0, 0.1) is 6.92 Å². The Balaban J connectivity index is 1.67. The molecule has 0 saturated heterocycles. The van der Waals surface area contributed by atoms with E-state index in [0.717, 1.165) is 0 Å². The van der Waals surface area contributed by atoms with Crippen LogP contribution in [0.5, 0.6) is 0 Å². The second kappa shape index (κ2) is 5.98. The SMILES string of the molecule is Cc1[nH]n(-c2nc3c(Cl)c(Cl)ccc3[nH]2)c(=O)c1[C@@H]1OC(=O)c2ccccc21. The highest BCUT2D eigenvalue weighted by molar-refractivity contribution is 6.44. The van der Waals surface area contributed by atoms with Crippen LogP contribution in [-0.4, -0.2) is 25.7 Å². The van der Waals surface area contributed by atoms with Gasteiger partial charge < -0.3 is 9.72 Å². The van der Waals surface area contributed by atoms with Gasteiger partial charge in [0, 0.05) is 11.3 Å². The number of H-pyrrole nitrogens is 2. The molecule has 0 radical (unpaired) electrons. The molecule has 140 valence electrons. The van der Waals surface area contributed by atoms with Gasteiger partial charge in [0.2, 0.25) is 5.95 Å². The van der Waals surface area contributed by atoms with Gasteiger partial charge in [0.1, 0.15) is 5.52 Å². The lowest BCUT2D eigenvalue weighted by Crippen LogP contribution is -2.21. The lowest BCUT2D eigenvalue weighted by molar-refractivity contribution is 0.0453. The first kappa shape index (κ1) is 17.1. The van der Waals surface area contributed by atoms with Crippen molar-refractivity contribution in [2.24, 2.45) is 0 Å². The van der Waals surface area contributed by atoms with Crippen molar-refractivity contribution in [3.63, 3.8) is 0 Å². The molecule has 7 nitrogen and oxygen atoms in total. The van der Waals surface area contributed by atoms with Gasteiger partial charge in [-0.2, -0.15) is 4.68 Å². The lowest BCUT2D eigenvalue weighted by atomic mass is 10.00. The minimum Gasteiger partial charge on any atom is -0.449 e. The third-order valence-corrected chi connectivity index (χ3v) is 5.61. The Labute approximate surface area is 167 Å². The molecule has 1 aliphatic heterocycles. The van der Waals surface area contributed by atoms with E-state index in [4.69, 9.17) is 27.9 Å². The molecule has 2 aromatic heterocycles. The van der Waals surface area contributed by atoms with Gasteiger partial charge in [-0.05, 0) is 25.1 Å². The molecule has 2 aromatic carbocycles. The molecule has 0 fully saturated rings. The second-order valence-electron chi connectivity index (χ2n) is 6.48. The summed E-state index contributed by atoms with van der Waals surface area (Å²) in [5.41, 5.74) is 2.79. The van der Waals surface area contributed by atoms with Crippen molar-refractivity contribution >= 4 is 40.2 Å². The number of hydrogen-bond acceptors (Lipinski definition) is 4. The zero-order valence-corrected chi connectivity index (χ0v) is 15.9. The highest BCUT2D eigenvalue weighted by Gasteiger charge is 2.36. The predicted molar refractivity (Wildman–Crippen MR) is 104 cm³/mol. The monoisotopic (exact) mass is 414 g/mol. The number of halogens is 2. The maximum atomic E-state index is 13.1. The molecule has 0 bridgehead atoms. The van der Waals surface area contributed by atoms with Crippen molar-refractivity contribution in [2.45, 2.75) is 13.0 Å². The fourth-order valence-electron chi connectivity index (χ4n) is 3.49. The van der Waals surface area contributed by atoms with Crippen LogP contribution in [-0.2, 0) is 4.74 Å². The van der Waals surface area contributed by atoms with E-state index in [2.05, 4.69) is 15.1 Å². The van der Waals surface area contributed by atoms with E-state index in [0.29, 0.717) is 43.5 Å². The number of aromatic nitrogens is 4. The molecule has 0 unspecified atom stereocenters. The summed E-state index contributed by atoms with van der Waals surface area (Å²) in [6.45, 7) is 1.74. The number of carbonyl (C=O) groups is 1. The Morgan fingerprint density at radius 1 is 1.14 bits per heavy atom. The maximum absolute atomic E-state index is 13.1. The number of benzene rings is 2. The number of nitrogens with one attached hydrogen (secondary N) is 2. The van der Waals surface area contributed by atoms with Crippen LogP contribution in [0.2, 0.25) is 10.0 Å². The Kier molecular flexibility index (Phi) is 3.65. The van der Waals surface area contributed by atoms with E-state index >= 15 is 0 Å². The molecular formula is C19H12Cl2N4O3. The van der Waals surface area contributed by atoms with Crippen molar-refractivity contribution in [3.8, 4) is 5.95 Å². The minimum atomic E-state index is -0.767. The van der Waals surface area contributed by atoms with Crippen LogP contribution in [0.15, 0.2) is 41.2 Å². The summed E-state index contributed by atoms with van der Waals surface area (Å²) in [5, 5.41) is 3.67. The first-order valence-electron chi connectivity index (χ1n) is 8.41. The zero-order chi connectivity index (χ0) is 19.6. The molecule has 0 spiro atoms. The van der Waals surface area contributed by atoms with Gasteiger partial charge in [0.15, 0.2) is 6.10 Å². The van der Waals surface area contributed by atoms with Crippen molar-refractivity contribution in [1.29, 1.82) is 0 Å². The number of nitrogens with zero attached hydrogens (tertiary/aromatic N) is 2. The predicted octanol–water partition coefficient (Wildman–Crippen LogP) is 3.92. The van der Waals surface area contributed by atoms with Crippen molar-refractivity contribution in [2.75, 3.05) is 0 Å². The highest BCUT2D eigenvalue weighted by atomic mass is 35.5. The Morgan fingerprint density at radius 2 is 1.93 bits per heavy atom. The Bertz CT molecular complexity index is 1330. The normalized spacial score (nSPS) is 15.8. The molecule has 2 N–H and O–H groups in total. The van der Waals surface area contributed by atoms with E-state index < -0.39 is 12.1 Å². The van der Waals surface area contributed by atoms with Gasteiger partial charge in [-0.25, -0.2) is 9.78 Å². The molecular weight excluding hydrogens is 403 g/mol. The van der Waals surface area contributed by atoms with Gasteiger partial charge >= 0.3 is 5.97 Å². The lowest BCUT2D eigenvalue weighted by Gasteiger charge is -2.08. The molecule has 4 aromatic rings. The summed E-state index contributed by atoms with van der Waals surface area (Å²) in [7, 11) is 0. The number of carbonyl (C=O) groups excluding carboxylic acids is 1. The molecule has 0 aliphatic carbocycles. The smallest absolute Gasteiger partial charge is 0.339 e. The number of ether oxygens (including phenoxy) is 1. The van der Waals surface area contributed by atoms with Crippen LogP contribution in [0.1, 0.15) is 33.3 Å². The number of rotatable bonds is 2. The van der Waals surface area contributed by atoms with E-state index in [1.54, 1.807) is 43.3 Å². The topological polar surface area (TPSA) is 92.8 Å². The summed E-state index contributed by atoms with van der Waals surface area (Å²) in [4.78, 5) is 32.7. The fraction of sp³-hybridized carbons (Fsp3) is 0.105. The summed E-state index contributed by atoms with van der Waals surface area (Å²) in [6, 6.07) is 10.4. The van der Waals surface area contributed by atoms with Gasteiger partial charge in [-0.3, -0.25) is 9.89 Å². The van der Waals surface area contributed by atoms with E-state index in [-0.39, 0.29) is 11.5 Å². The summed E-state index contributed by atoms with van der Waals surface area (Å²) >= 11 is 12.2. The van der Waals surface area contributed by atoms with E-state index in [9.17, 15) is 9.59 Å². The van der Waals surface area contributed by atoms with Crippen molar-refractivity contribution < 1.29 is 9.53 Å². The fourth-order valence-corrected chi connectivity index (χ4v) is 3.85. The first-order chi connectivity index (χ1) is 13.5. The third-order valence-electron chi connectivity index (χ3n) is 4.81. The number of aryl methyl sites for hydroxylation is 1. The van der Waals surface area contributed by atoms with Crippen LogP contribution in [0.25, 0.3) is 17.0 Å². The van der Waals surface area contributed by atoms with E-state index in [1.807, 2.05) is 0 Å². The largest absolute Gasteiger partial charge is 0.449 e. The zero-order valence-electron chi connectivity index (χ0n) is 14.4. The van der Waals surface area contributed by atoms with E-state index in [1.165, 1.54) is 4.68 Å². The first-order valence-corrected chi connectivity index (χ1v) is 9.17. The number of hydrogen-bond donors (Lipinski definition) is 2. The Hall–Kier alpha value is -3.03. The number of fused-ring (bicyclic) bond motifs is 2. The minimum absolute atomic E-state index is 0.260. The van der Waals surface area contributed by atoms with Gasteiger partial charge in [0.25, 0.3) is 5.56 Å². The summed E-state index contributed by atoms with van der Waals surface area (Å²) < 4.78 is 6.75. The van der Waals surface area contributed by atoms with Crippen LogP contribution in [0.3, 0.4) is 0 Å². The molecule has 1 atom stereocenters. The second-order valence-corrected chi connectivity index (χ2v) is 7.27.